The number of benzene rings is 1. The number of aromatic nitrogens is 4. The fourth-order valence-corrected chi connectivity index (χ4v) is 5.41. The van der Waals surface area contributed by atoms with E-state index < -0.39 is 12.0 Å². The summed E-state index contributed by atoms with van der Waals surface area (Å²) in [6.45, 7) is 0. The first-order valence-electron chi connectivity index (χ1n) is 11.5. The van der Waals surface area contributed by atoms with Gasteiger partial charge in [0.2, 0.25) is 17.8 Å². The van der Waals surface area contributed by atoms with Crippen molar-refractivity contribution < 1.29 is 13.6 Å². The van der Waals surface area contributed by atoms with Crippen LogP contribution in [-0.2, 0) is 4.79 Å². The number of hydrogen-bond acceptors (Lipinski definition) is 7. The lowest BCUT2D eigenvalue weighted by atomic mass is 9.85. The Bertz CT molecular complexity index is 1350. The van der Waals surface area contributed by atoms with E-state index in [0.29, 0.717) is 54.0 Å². The highest BCUT2D eigenvalue weighted by Gasteiger charge is 2.45. The Labute approximate surface area is 215 Å². The number of nitrogens with zero attached hydrogens (tertiary/aromatic N) is 5. The van der Waals surface area contributed by atoms with E-state index in [-0.39, 0.29) is 46.7 Å². The lowest BCUT2D eigenvalue weighted by molar-refractivity contribution is -0.122. The summed E-state index contributed by atoms with van der Waals surface area (Å²) in [4.78, 5) is 25.2. The molecule has 0 radical (unpaired) electrons. The van der Waals surface area contributed by atoms with Crippen LogP contribution in [0.15, 0.2) is 18.3 Å². The summed E-state index contributed by atoms with van der Waals surface area (Å²) in [7, 11) is 0. The molecule has 0 aliphatic heterocycles. The van der Waals surface area contributed by atoms with Crippen molar-refractivity contribution in [1.29, 1.82) is 5.26 Å². The van der Waals surface area contributed by atoms with Crippen LogP contribution in [0.5, 0.6) is 0 Å². The minimum absolute atomic E-state index is 0.0696. The number of carbonyl (C=O) groups excluding carboxylic acids is 1. The zero-order valence-corrected chi connectivity index (χ0v) is 20.5. The average molecular weight is 535 g/mol. The van der Waals surface area contributed by atoms with Crippen molar-refractivity contribution in [2.45, 2.75) is 56.5 Å². The molecule has 36 heavy (non-hydrogen) atoms. The van der Waals surface area contributed by atoms with Crippen LogP contribution in [0.3, 0.4) is 0 Å². The van der Waals surface area contributed by atoms with E-state index in [2.05, 4.69) is 25.6 Å². The topological polar surface area (TPSA) is 135 Å². The number of fused-ring (bicyclic) bond motifs is 1. The van der Waals surface area contributed by atoms with Crippen molar-refractivity contribution in [1.82, 2.24) is 19.5 Å². The van der Waals surface area contributed by atoms with Crippen molar-refractivity contribution in [2.24, 2.45) is 11.7 Å². The number of halogens is 4. The van der Waals surface area contributed by atoms with E-state index in [1.165, 1.54) is 18.3 Å². The third kappa shape index (κ3) is 4.75. The maximum absolute atomic E-state index is 13.3. The molecule has 1 aromatic carbocycles. The Kier molecular flexibility index (Phi) is 6.34. The fourth-order valence-electron chi connectivity index (χ4n) is 4.83. The Balaban J connectivity index is 1.52. The van der Waals surface area contributed by atoms with Gasteiger partial charge in [-0.2, -0.15) is 10.2 Å². The van der Waals surface area contributed by atoms with Gasteiger partial charge in [-0.3, -0.25) is 9.36 Å². The SMILES string of the molecule is N#Cc1cc(Cl)c(Nc2nc3cnc(NC4CC(F)(F)C4)nc3n2[C@H]2CC[C@@H](C(N)=O)CC2)c(Cl)c1. The Morgan fingerprint density at radius 1 is 1.17 bits per heavy atom. The number of imidazole rings is 1. The van der Waals surface area contributed by atoms with E-state index in [0.717, 1.165) is 0 Å². The van der Waals surface area contributed by atoms with E-state index in [1.807, 2.05) is 10.6 Å². The monoisotopic (exact) mass is 534 g/mol. The molecule has 0 unspecified atom stereocenters. The fraction of sp³-hybridized carbons (Fsp3) is 0.435. The minimum atomic E-state index is -2.67. The molecule has 0 saturated heterocycles. The largest absolute Gasteiger partial charge is 0.369 e. The van der Waals surface area contributed by atoms with Crippen LogP contribution in [0.2, 0.25) is 10.0 Å². The van der Waals surface area contributed by atoms with E-state index in [1.54, 1.807) is 0 Å². The number of nitrogens with one attached hydrogen (secondary N) is 2. The molecular formula is C23H22Cl2F2N8O. The maximum atomic E-state index is 13.3. The standard InChI is InChI=1S/C23H22Cl2F2N8O/c24-15-5-11(9-28)6-16(25)18(15)33-22-32-17-10-30-21(31-13-7-23(26,27)8-13)34-20(17)35(22)14-3-1-12(2-4-14)19(29)36/h5-6,10,12-14H,1-4,7-8H2,(H2,29,36)(H,32,33)(H,30,31,34)/t12-,14+. The van der Waals surface area contributed by atoms with E-state index in [9.17, 15) is 18.8 Å². The van der Waals surface area contributed by atoms with Crippen LogP contribution in [-0.4, -0.2) is 37.4 Å². The van der Waals surface area contributed by atoms with E-state index in [4.69, 9.17) is 28.9 Å². The number of alkyl halides is 2. The summed E-state index contributed by atoms with van der Waals surface area (Å²) in [6.07, 6.45) is 3.53. The second kappa shape index (κ2) is 9.33. The zero-order valence-electron chi connectivity index (χ0n) is 18.9. The van der Waals surface area contributed by atoms with Gasteiger partial charge < -0.3 is 16.4 Å². The predicted octanol–water partition coefficient (Wildman–Crippen LogP) is 5.17. The van der Waals surface area contributed by atoms with Gasteiger partial charge in [0.05, 0.1) is 33.6 Å². The van der Waals surface area contributed by atoms with Crippen molar-refractivity contribution in [2.75, 3.05) is 10.6 Å². The average Bonchev–Trinajstić information content (AvgIpc) is 3.17. The van der Waals surface area contributed by atoms with Gasteiger partial charge in [-0.15, -0.1) is 0 Å². The van der Waals surface area contributed by atoms with Crippen molar-refractivity contribution in [3.63, 3.8) is 0 Å². The summed E-state index contributed by atoms with van der Waals surface area (Å²) in [5.74, 6) is -2.54. The van der Waals surface area contributed by atoms with Crippen LogP contribution in [0.4, 0.5) is 26.4 Å². The molecule has 2 aliphatic rings. The minimum Gasteiger partial charge on any atom is -0.369 e. The number of nitriles is 1. The molecule has 2 aliphatic carbocycles. The van der Waals surface area contributed by atoms with Crippen LogP contribution in [0.1, 0.15) is 50.1 Å². The molecular weight excluding hydrogens is 513 g/mol. The van der Waals surface area contributed by atoms with E-state index >= 15 is 0 Å². The number of carbonyl (C=O) groups is 1. The second-order valence-electron chi connectivity index (χ2n) is 9.27. The van der Waals surface area contributed by atoms with Crippen LogP contribution < -0.4 is 16.4 Å². The van der Waals surface area contributed by atoms with Crippen molar-refractivity contribution >= 4 is 57.9 Å². The molecule has 2 saturated carbocycles. The normalized spacial score (nSPS) is 21.5. The highest BCUT2D eigenvalue weighted by molar-refractivity contribution is 6.39. The smallest absolute Gasteiger partial charge is 0.252 e. The summed E-state index contributed by atoms with van der Waals surface area (Å²) < 4.78 is 28.5. The molecule has 5 rings (SSSR count). The lowest BCUT2D eigenvalue weighted by Crippen LogP contribution is -2.44. The van der Waals surface area contributed by atoms with Gasteiger partial charge in [-0.25, -0.2) is 18.7 Å². The number of amides is 1. The Morgan fingerprint density at radius 2 is 1.83 bits per heavy atom. The van der Waals surface area contributed by atoms with Gasteiger partial charge in [0.15, 0.2) is 5.65 Å². The molecule has 9 nitrogen and oxygen atoms in total. The highest BCUT2D eigenvalue weighted by atomic mass is 35.5. The van der Waals surface area contributed by atoms with Crippen molar-refractivity contribution in [3.8, 4) is 6.07 Å². The lowest BCUT2D eigenvalue weighted by Gasteiger charge is -2.35. The molecule has 0 spiro atoms. The van der Waals surface area contributed by atoms with Gasteiger partial charge in [-0.05, 0) is 37.8 Å². The van der Waals surface area contributed by atoms with Crippen LogP contribution in [0.25, 0.3) is 11.2 Å². The number of anilines is 3. The summed E-state index contributed by atoms with van der Waals surface area (Å²) >= 11 is 12.8. The molecule has 2 aromatic heterocycles. The van der Waals surface area contributed by atoms with Gasteiger partial charge >= 0.3 is 0 Å². The predicted molar refractivity (Wildman–Crippen MR) is 132 cm³/mol. The van der Waals surface area contributed by atoms with Crippen molar-refractivity contribution in [3.05, 3.63) is 33.9 Å². The molecule has 2 heterocycles. The summed E-state index contributed by atoms with van der Waals surface area (Å²) in [5.41, 5.74) is 7.19. The van der Waals surface area contributed by atoms with Gasteiger partial charge in [-0.1, -0.05) is 23.2 Å². The molecule has 0 bridgehead atoms. The quantitative estimate of drug-likeness (QED) is 0.396. The zero-order chi connectivity index (χ0) is 25.6. The van der Waals surface area contributed by atoms with Gasteiger partial charge in [0.25, 0.3) is 5.92 Å². The number of hydrogen-bond donors (Lipinski definition) is 3. The molecule has 1 amide bonds. The third-order valence-electron chi connectivity index (χ3n) is 6.73. The molecule has 13 heteroatoms. The summed E-state index contributed by atoms with van der Waals surface area (Å²) in [6, 6.07) is 4.52. The Hall–Kier alpha value is -3.23. The van der Waals surface area contributed by atoms with Crippen LogP contribution >= 0.6 is 23.2 Å². The van der Waals surface area contributed by atoms with Gasteiger partial charge in [0, 0.05) is 30.8 Å². The maximum Gasteiger partial charge on any atom is 0.252 e. The summed E-state index contributed by atoms with van der Waals surface area (Å²) in [5, 5.41) is 15.8. The molecule has 0 atom stereocenters. The first-order valence-corrected chi connectivity index (χ1v) is 12.2. The van der Waals surface area contributed by atoms with Gasteiger partial charge in [0.1, 0.15) is 5.52 Å². The molecule has 188 valence electrons. The Morgan fingerprint density at radius 3 is 2.42 bits per heavy atom. The third-order valence-corrected chi connectivity index (χ3v) is 7.32. The number of primary amides is 1. The molecule has 2 fully saturated rings. The number of rotatable bonds is 6. The molecule has 3 aromatic rings. The first-order chi connectivity index (χ1) is 17.1. The number of nitrogens with two attached hydrogens (primary N) is 1. The van der Waals surface area contributed by atoms with Crippen LogP contribution in [0, 0.1) is 17.2 Å². The molecule has 4 N–H and O–H groups in total. The second-order valence-corrected chi connectivity index (χ2v) is 10.1. The highest BCUT2D eigenvalue weighted by Crippen LogP contribution is 2.41. The first kappa shape index (κ1) is 24.5.